The summed E-state index contributed by atoms with van der Waals surface area (Å²) in [6.07, 6.45) is 1.69. The Morgan fingerprint density at radius 2 is 1.91 bits per heavy atom. The van der Waals surface area contributed by atoms with E-state index in [2.05, 4.69) is 43.9 Å². The number of hydrogen-bond donors (Lipinski definition) is 1. The number of nitrogens with one attached hydrogen (secondary N) is 1. The topological polar surface area (TPSA) is 38.3 Å². The number of rotatable bonds is 6. The average Bonchev–Trinajstić information content (AvgIpc) is 2.53. The third-order valence-corrected chi connectivity index (χ3v) is 3.72. The van der Waals surface area contributed by atoms with E-state index in [9.17, 15) is 4.79 Å². The summed E-state index contributed by atoms with van der Waals surface area (Å²) in [6.45, 7) is 10.2. The van der Waals surface area contributed by atoms with Crippen molar-refractivity contribution < 1.29 is 9.53 Å². The SMILES string of the molecule is C=CCOc1ccc(C(=O)N[C@@H](C)c2ccc(C)cc2C)cc1. The van der Waals surface area contributed by atoms with Crippen molar-refractivity contribution in [3.05, 3.63) is 77.4 Å². The van der Waals surface area contributed by atoms with Gasteiger partial charge in [0.25, 0.3) is 5.91 Å². The molecule has 1 amide bonds. The maximum Gasteiger partial charge on any atom is 0.251 e. The maximum atomic E-state index is 12.4. The molecule has 1 N–H and O–H groups in total. The molecule has 0 aromatic heterocycles. The highest BCUT2D eigenvalue weighted by Crippen LogP contribution is 2.19. The second kappa shape index (κ2) is 7.63. The lowest BCUT2D eigenvalue weighted by atomic mass is 10.00. The number of benzene rings is 2. The van der Waals surface area contributed by atoms with Crippen molar-refractivity contribution in [2.75, 3.05) is 6.61 Å². The van der Waals surface area contributed by atoms with Crippen LogP contribution in [0.1, 0.15) is 40.0 Å². The van der Waals surface area contributed by atoms with Gasteiger partial charge in [0.2, 0.25) is 0 Å². The van der Waals surface area contributed by atoms with E-state index in [1.54, 1.807) is 30.3 Å². The van der Waals surface area contributed by atoms with Gasteiger partial charge in [0.05, 0.1) is 6.04 Å². The predicted molar refractivity (Wildman–Crippen MR) is 93.9 cm³/mol. The molecule has 2 rings (SSSR count). The Morgan fingerprint density at radius 3 is 2.52 bits per heavy atom. The van der Waals surface area contributed by atoms with Crippen molar-refractivity contribution in [3.8, 4) is 5.75 Å². The van der Waals surface area contributed by atoms with Crippen LogP contribution in [0.4, 0.5) is 0 Å². The Labute approximate surface area is 138 Å². The monoisotopic (exact) mass is 309 g/mol. The Balaban J connectivity index is 2.04. The molecule has 0 bridgehead atoms. The van der Waals surface area contributed by atoms with E-state index >= 15 is 0 Å². The van der Waals surface area contributed by atoms with Crippen molar-refractivity contribution in [2.45, 2.75) is 26.8 Å². The summed E-state index contributed by atoms with van der Waals surface area (Å²) >= 11 is 0. The van der Waals surface area contributed by atoms with Gasteiger partial charge in [-0.3, -0.25) is 4.79 Å². The summed E-state index contributed by atoms with van der Waals surface area (Å²) in [5.74, 6) is 0.636. The first kappa shape index (κ1) is 16.8. The lowest BCUT2D eigenvalue weighted by Gasteiger charge is -2.17. The van der Waals surface area contributed by atoms with Crippen LogP contribution in [-0.2, 0) is 0 Å². The van der Waals surface area contributed by atoms with Crippen molar-refractivity contribution in [2.24, 2.45) is 0 Å². The molecule has 0 saturated carbocycles. The van der Waals surface area contributed by atoms with Crippen LogP contribution >= 0.6 is 0 Å². The van der Waals surface area contributed by atoms with E-state index in [0.29, 0.717) is 12.2 Å². The minimum atomic E-state index is -0.0901. The molecule has 120 valence electrons. The fourth-order valence-corrected chi connectivity index (χ4v) is 2.53. The zero-order valence-corrected chi connectivity index (χ0v) is 13.9. The highest BCUT2D eigenvalue weighted by molar-refractivity contribution is 5.94. The van der Waals surface area contributed by atoms with Crippen LogP contribution in [0.15, 0.2) is 55.1 Å². The Kier molecular flexibility index (Phi) is 5.58. The molecule has 0 unspecified atom stereocenters. The molecular formula is C20H23NO2. The van der Waals surface area contributed by atoms with E-state index < -0.39 is 0 Å². The zero-order chi connectivity index (χ0) is 16.8. The number of amides is 1. The van der Waals surface area contributed by atoms with Crippen LogP contribution in [0.3, 0.4) is 0 Å². The quantitative estimate of drug-likeness (QED) is 0.805. The molecule has 1 atom stereocenters. The van der Waals surface area contributed by atoms with E-state index in [-0.39, 0.29) is 11.9 Å². The predicted octanol–water partition coefficient (Wildman–Crippen LogP) is 4.36. The van der Waals surface area contributed by atoms with Crippen molar-refractivity contribution in [1.82, 2.24) is 5.32 Å². The minimum absolute atomic E-state index is 0.0419. The molecule has 23 heavy (non-hydrogen) atoms. The van der Waals surface area contributed by atoms with Crippen LogP contribution in [0.25, 0.3) is 0 Å². The van der Waals surface area contributed by atoms with Crippen LogP contribution in [0, 0.1) is 13.8 Å². The van der Waals surface area contributed by atoms with Gasteiger partial charge in [0.15, 0.2) is 0 Å². The number of ether oxygens (including phenoxy) is 1. The lowest BCUT2D eigenvalue weighted by molar-refractivity contribution is 0.0940. The van der Waals surface area contributed by atoms with Crippen molar-refractivity contribution in [1.29, 1.82) is 0 Å². The Bertz CT molecular complexity index is 689. The molecular weight excluding hydrogens is 286 g/mol. The van der Waals surface area contributed by atoms with E-state index in [4.69, 9.17) is 4.74 Å². The highest BCUT2D eigenvalue weighted by Gasteiger charge is 2.13. The third-order valence-electron chi connectivity index (χ3n) is 3.72. The molecule has 0 aliphatic rings. The number of aryl methyl sites for hydroxylation is 2. The van der Waals surface area contributed by atoms with Gasteiger partial charge >= 0.3 is 0 Å². The largest absolute Gasteiger partial charge is 0.490 e. The summed E-state index contributed by atoms with van der Waals surface area (Å²) in [7, 11) is 0. The second-order valence-electron chi connectivity index (χ2n) is 5.68. The first-order chi connectivity index (χ1) is 11.0. The second-order valence-corrected chi connectivity index (χ2v) is 5.68. The van der Waals surface area contributed by atoms with Crippen LogP contribution in [-0.4, -0.2) is 12.5 Å². The minimum Gasteiger partial charge on any atom is -0.490 e. The molecule has 0 heterocycles. The van der Waals surface area contributed by atoms with Crippen molar-refractivity contribution >= 4 is 5.91 Å². The van der Waals surface area contributed by atoms with Gasteiger partial charge < -0.3 is 10.1 Å². The van der Waals surface area contributed by atoms with E-state index in [1.165, 1.54) is 11.1 Å². The Hall–Kier alpha value is -2.55. The Morgan fingerprint density at radius 1 is 1.22 bits per heavy atom. The molecule has 0 spiro atoms. The molecule has 3 nitrogen and oxygen atoms in total. The normalized spacial score (nSPS) is 11.6. The summed E-state index contributed by atoms with van der Waals surface area (Å²) in [6, 6.07) is 13.3. The van der Waals surface area contributed by atoms with Gasteiger partial charge in [-0.25, -0.2) is 0 Å². The molecule has 3 heteroatoms. The van der Waals surface area contributed by atoms with Gasteiger partial charge in [-0.1, -0.05) is 36.4 Å². The van der Waals surface area contributed by atoms with Gasteiger partial charge in [-0.15, -0.1) is 0 Å². The lowest BCUT2D eigenvalue weighted by Crippen LogP contribution is -2.27. The first-order valence-electron chi connectivity index (χ1n) is 7.73. The highest BCUT2D eigenvalue weighted by atomic mass is 16.5. The van der Waals surface area contributed by atoms with Crippen LogP contribution < -0.4 is 10.1 Å². The summed E-state index contributed by atoms with van der Waals surface area (Å²) in [5.41, 5.74) is 4.16. The van der Waals surface area contributed by atoms with Gasteiger partial charge in [0.1, 0.15) is 12.4 Å². The first-order valence-corrected chi connectivity index (χ1v) is 7.73. The van der Waals surface area contributed by atoms with Gasteiger partial charge in [0, 0.05) is 5.56 Å². The smallest absolute Gasteiger partial charge is 0.251 e. The maximum absolute atomic E-state index is 12.4. The fraction of sp³-hybridized carbons (Fsp3) is 0.250. The molecule has 2 aromatic carbocycles. The van der Waals surface area contributed by atoms with Crippen LogP contribution in [0.5, 0.6) is 5.75 Å². The summed E-state index contributed by atoms with van der Waals surface area (Å²) in [5, 5.41) is 3.04. The summed E-state index contributed by atoms with van der Waals surface area (Å²) < 4.78 is 5.42. The standard InChI is InChI=1S/C20H23NO2/c1-5-12-23-18-9-7-17(8-10-18)20(22)21-16(4)19-11-6-14(2)13-15(19)3/h5-11,13,16H,1,12H2,2-4H3,(H,21,22)/t16-/m0/s1. The summed E-state index contributed by atoms with van der Waals surface area (Å²) in [4.78, 5) is 12.4. The molecule has 0 radical (unpaired) electrons. The van der Waals surface area contributed by atoms with Crippen molar-refractivity contribution in [3.63, 3.8) is 0 Å². The fourth-order valence-electron chi connectivity index (χ4n) is 2.53. The molecule has 0 fully saturated rings. The number of hydrogen-bond acceptors (Lipinski definition) is 2. The molecule has 0 aliphatic carbocycles. The number of carbonyl (C=O) groups is 1. The van der Waals surface area contributed by atoms with Gasteiger partial charge in [-0.2, -0.15) is 0 Å². The van der Waals surface area contributed by atoms with E-state index in [0.717, 1.165) is 11.3 Å². The zero-order valence-electron chi connectivity index (χ0n) is 13.9. The number of carbonyl (C=O) groups excluding carboxylic acids is 1. The van der Waals surface area contributed by atoms with Gasteiger partial charge in [-0.05, 0) is 56.2 Å². The molecule has 0 saturated heterocycles. The third kappa shape index (κ3) is 4.46. The average molecular weight is 309 g/mol. The molecule has 0 aliphatic heterocycles. The van der Waals surface area contributed by atoms with Crippen LogP contribution in [0.2, 0.25) is 0 Å². The molecule has 2 aromatic rings. The van der Waals surface area contributed by atoms with E-state index in [1.807, 2.05) is 6.92 Å².